The van der Waals surface area contributed by atoms with Gasteiger partial charge in [-0.05, 0) is 36.0 Å². The Kier molecular flexibility index (Phi) is 7.78. The van der Waals surface area contributed by atoms with E-state index < -0.39 is 24.1 Å². The van der Waals surface area contributed by atoms with Crippen molar-refractivity contribution < 1.29 is 23.8 Å². The van der Waals surface area contributed by atoms with E-state index in [1.165, 1.54) is 24.1 Å². The monoisotopic (exact) mass is 454 g/mol. The lowest BCUT2D eigenvalue weighted by molar-refractivity contribution is -0.119. The zero-order chi connectivity index (χ0) is 24.0. The number of ether oxygens (including phenoxy) is 1. The van der Waals surface area contributed by atoms with E-state index in [1.807, 2.05) is 7.05 Å². The Bertz CT molecular complexity index is 1040. The summed E-state index contributed by atoms with van der Waals surface area (Å²) < 4.78 is 20.1. The zero-order valence-corrected chi connectivity index (χ0v) is 18.6. The summed E-state index contributed by atoms with van der Waals surface area (Å²) in [4.78, 5) is 30.0. The minimum absolute atomic E-state index is 0.202. The van der Waals surface area contributed by atoms with Gasteiger partial charge >= 0.3 is 6.09 Å². The van der Waals surface area contributed by atoms with Crippen molar-refractivity contribution in [1.29, 1.82) is 0 Å². The third kappa shape index (κ3) is 6.17. The molecule has 0 saturated carbocycles. The Morgan fingerprint density at radius 2 is 2.12 bits per heavy atom. The SMILES string of the molecule is C=N/C=C\N(C)C[C@@H](O)c1ccc(-c2ccc(N3C[C@H](CNC(C)=O)OC3=O)cc2F)cc1. The fourth-order valence-electron chi connectivity index (χ4n) is 3.49. The number of aliphatic hydroxyl groups is 1. The summed E-state index contributed by atoms with van der Waals surface area (Å²) in [5, 5.41) is 13.0. The molecule has 1 aliphatic heterocycles. The van der Waals surface area contributed by atoms with Gasteiger partial charge in [0.15, 0.2) is 0 Å². The van der Waals surface area contributed by atoms with Crippen molar-refractivity contribution in [2.45, 2.75) is 19.1 Å². The predicted molar refractivity (Wildman–Crippen MR) is 124 cm³/mol. The van der Waals surface area contributed by atoms with Crippen LogP contribution >= 0.6 is 0 Å². The van der Waals surface area contributed by atoms with Gasteiger partial charge in [0.05, 0.1) is 24.9 Å². The quantitative estimate of drug-likeness (QED) is 0.568. The summed E-state index contributed by atoms with van der Waals surface area (Å²) in [5.74, 6) is -0.701. The molecule has 0 bridgehead atoms. The maximum absolute atomic E-state index is 14.9. The molecule has 2 atom stereocenters. The third-order valence-corrected chi connectivity index (χ3v) is 5.21. The first kappa shape index (κ1) is 23.9. The van der Waals surface area contributed by atoms with Gasteiger partial charge in [0.1, 0.15) is 11.9 Å². The van der Waals surface area contributed by atoms with Gasteiger partial charge in [-0.15, -0.1) is 0 Å². The number of anilines is 1. The second-order valence-electron chi connectivity index (χ2n) is 7.78. The maximum Gasteiger partial charge on any atom is 0.414 e. The van der Waals surface area contributed by atoms with Crippen LogP contribution in [0.15, 0.2) is 59.9 Å². The van der Waals surface area contributed by atoms with E-state index in [0.29, 0.717) is 28.9 Å². The van der Waals surface area contributed by atoms with Gasteiger partial charge in [-0.2, -0.15) is 0 Å². The minimum Gasteiger partial charge on any atom is -0.442 e. The molecule has 9 heteroatoms. The Morgan fingerprint density at radius 3 is 2.76 bits per heavy atom. The van der Waals surface area contributed by atoms with E-state index >= 15 is 0 Å². The normalized spacial score (nSPS) is 16.5. The zero-order valence-electron chi connectivity index (χ0n) is 18.6. The van der Waals surface area contributed by atoms with Crippen LogP contribution in [0.2, 0.25) is 0 Å². The van der Waals surface area contributed by atoms with Gasteiger partial charge in [-0.1, -0.05) is 24.3 Å². The number of aliphatic hydroxyl groups excluding tert-OH is 1. The average molecular weight is 455 g/mol. The number of amides is 2. The largest absolute Gasteiger partial charge is 0.442 e. The molecule has 1 saturated heterocycles. The lowest BCUT2D eigenvalue weighted by Crippen LogP contribution is -2.33. The van der Waals surface area contributed by atoms with Crippen molar-refractivity contribution in [2.24, 2.45) is 4.99 Å². The van der Waals surface area contributed by atoms with Gasteiger partial charge in [0, 0.05) is 38.5 Å². The number of hydrogen-bond acceptors (Lipinski definition) is 6. The van der Waals surface area contributed by atoms with E-state index in [9.17, 15) is 19.1 Å². The van der Waals surface area contributed by atoms with Crippen LogP contribution in [0.4, 0.5) is 14.9 Å². The van der Waals surface area contributed by atoms with Crippen LogP contribution in [0.25, 0.3) is 11.1 Å². The van der Waals surface area contributed by atoms with Gasteiger partial charge in [-0.25, -0.2) is 9.18 Å². The molecule has 2 amide bonds. The van der Waals surface area contributed by atoms with Crippen LogP contribution in [0.1, 0.15) is 18.6 Å². The summed E-state index contributed by atoms with van der Waals surface area (Å²) in [5.41, 5.74) is 2.10. The molecule has 0 unspecified atom stereocenters. The molecule has 174 valence electrons. The first-order chi connectivity index (χ1) is 15.8. The number of rotatable bonds is 9. The highest BCUT2D eigenvalue weighted by Gasteiger charge is 2.32. The maximum atomic E-state index is 14.9. The molecule has 1 fully saturated rings. The Balaban J connectivity index is 1.68. The fourth-order valence-corrected chi connectivity index (χ4v) is 3.49. The number of hydrogen-bond donors (Lipinski definition) is 2. The molecule has 2 N–H and O–H groups in total. The van der Waals surface area contributed by atoms with E-state index in [2.05, 4.69) is 17.0 Å². The number of carbonyl (C=O) groups excluding carboxylic acids is 2. The van der Waals surface area contributed by atoms with Crippen LogP contribution in [0.3, 0.4) is 0 Å². The Hall–Kier alpha value is -3.72. The molecule has 8 nitrogen and oxygen atoms in total. The molecule has 2 aromatic carbocycles. The van der Waals surface area contributed by atoms with E-state index in [1.54, 1.807) is 47.5 Å². The van der Waals surface area contributed by atoms with Crippen LogP contribution < -0.4 is 10.2 Å². The van der Waals surface area contributed by atoms with Crippen LogP contribution in [-0.4, -0.2) is 61.5 Å². The Labute approximate surface area is 192 Å². The summed E-state index contributed by atoms with van der Waals surface area (Å²) in [6.07, 6.45) is 1.44. The molecule has 0 aromatic heterocycles. The number of benzene rings is 2. The van der Waals surface area contributed by atoms with Crippen molar-refractivity contribution in [3.63, 3.8) is 0 Å². The lowest BCUT2D eigenvalue weighted by atomic mass is 10.0. The number of halogens is 1. The van der Waals surface area contributed by atoms with Gasteiger partial charge in [-0.3, -0.25) is 14.7 Å². The number of carbonyl (C=O) groups is 2. The van der Waals surface area contributed by atoms with Gasteiger partial charge in [0.25, 0.3) is 0 Å². The molecule has 33 heavy (non-hydrogen) atoms. The van der Waals surface area contributed by atoms with Crippen LogP contribution in [0, 0.1) is 5.82 Å². The van der Waals surface area contributed by atoms with Crippen molar-refractivity contribution in [3.8, 4) is 11.1 Å². The second kappa shape index (κ2) is 10.7. The van der Waals surface area contributed by atoms with Crippen LogP contribution in [0.5, 0.6) is 0 Å². The fraction of sp³-hybridized carbons (Fsp3) is 0.292. The first-order valence-corrected chi connectivity index (χ1v) is 10.4. The smallest absolute Gasteiger partial charge is 0.414 e. The summed E-state index contributed by atoms with van der Waals surface area (Å²) >= 11 is 0. The highest BCUT2D eigenvalue weighted by Crippen LogP contribution is 2.30. The molecule has 2 aromatic rings. The Morgan fingerprint density at radius 1 is 1.39 bits per heavy atom. The van der Waals surface area contributed by atoms with Gasteiger partial charge < -0.3 is 20.1 Å². The molecule has 0 aliphatic carbocycles. The minimum atomic E-state index is -0.725. The molecule has 3 rings (SSSR count). The molecule has 0 spiro atoms. The molecule has 0 radical (unpaired) electrons. The number of likely N-dealkylation sites (N-methyl/N-ethyl adjacent to an activating group) is 1. The number of nitrogens with one attached hydrogen (secondary N) is 1. The highest BCUT2D eigenvalue weighted by atomic mass is 19.1. The third-order valence-electron chi connectivity index (χ3n) is 5.21. The summed E-state index contributed by atoms with van der Waals surface area (Å²) in [7, 11) is 1.81. The molecule has 1 aliphatic rings. The lowest BCUT2D eigenvalue weighted by Gasteiger charge is -2.19. The van der Waals surface area contributed by atoms with E-state index in [4.69, 9.17) is 4.74 Å². The summed E-state index contributed by atoms with van der Waals surface area (Å²) in [6.45, 7) is 5.54. The summed E-state index contributed by atoms with van der Waals surface area (Å²) in [6, 6.07) is 11.5. The topological polar surface area (TPSA) is 94.5 Å². The van der Waals surface area contributed by atoms with Crippen LogP contribution in [-0.2, 0) is 9.53 Å². The second-order valence-corrected chi connectivity index (χ2v) is 7.78. The number of aliphatic imine (C=N–C) groups is 1. The highest BCUT2D eigenvalue weighted by molar-refractivity contribution is 5.90. The van der Waals surface area contributed by atoms with Crippen molar-refractivity contribution in [2.75, 3.05) is 31.6 Å². The molecular formula is C24H27FN4O4. The molecular weight excluding hydrogens is 427 g/mol. The first-order valence-electron chi connectivity index (χ1n) is 10.4. The number of nitrogens with zero attached hydrogens (tertiary/aromatic N) is 3. The van der Waals surface area contributed by atoms with E-state index in [-0.39, 0.29) is 19.0 Å². The van der Waals surface area contributed by atoms with Crippen molar-refractivity contribution in [3.05, 3.63) is 66.2 Å². The molecule has 1 heterocycles. The standard InChI is InChI=1S/C24H27FN4O4/c1-16(30)27-13-20-14-29(24(32)33-20)19-8-9-21(22(25)12-19)17-4-6-18(7-5-17)23(31)15-28(3)11-10-26-2/h4-12,20,23,31H,2,13-15H2,1,3H3,(H,27,30)/b11-10-/t20-,23+/m0/s1. The predicted octanol–water partition coefficient (Wildman–Crippen LogP) is 3.09. The van der Waals surface area contributed by atoms with E-state index in [0.717, 1.165) is 0 Å². The van der Waals surface area contributed by atoms with Crippen molar-refractivity contribution in [1.82, 2.24) is 10.2 Å². The van der Waals surface area contributed by atoms with Crippen molar-refractivity contribution >= 4 is 24.4 Å². The average Bonchev–Trinajstić information content (AvgIpc) is 3.16. The van der Waals surface area contributed by atoms with Gasteiger partial charge in [0.2, 0.25) is 5.91 Å². The number of cyclic esters (lactones) is 1.